The van der Waals surface area contributed by atoms with Crippen LogP contribution in [-0.2, 0) is 5.41 Å². The zero-order valence-electron chi connectivity index (χ0n) is 11.7. The summed E-state index contributed by atoms with van der Waals surface area (Å²) >= 11 is 0. The van der Waals surface area contributed by atoms with Crippen molar-refractivity contribution in [1.29, 1.82) is 0 Å². The summed E-state index contributed by atoms with van der Waals surface area (Å²) in [6, 6.07) is 10.2. The highest BCUT2D eigenvalue weighted by Gasteiger charge is 2.40. The van der Waals surface area contributed by atoms with Crippen molar-refractivity contribution >= 4 is 0 Å². The molecule has 0 spiro atoms. The molecule has 1 N–H and O–H groups in total. The SMILES string of the molecule is c1cc(C23CCN(CC2)CC3)ccc1C1CCCN1. The van der Waals surface area contributed by atoms with Crippen molar-refractivity contribution in [3.63, 3.8) is 0 Å². The number of rotatable bonds is 2. The van der Waals surface area contributed by atoms with Gasteiger partial charge in [-0.2, -0.15) is 0 Å². The molecule has 4 saturated heterocycles. The van der Waals surface area contributed by atoms with Gasteiger partial charge in [0, 0.05) is 6.04 Å². The van der Waals surface area contributed by atoms with Crippen molar-refractivity contribution in [3.8, 4) is 0 Å². The van der Waals surface area contributed by atoms with E-state index in [1.165, 1.54) is 63.8 Å². The van der Waals surface area contributed by atoms with Crippen molar-refractivity contribution in [2.75, 3.05) is 26.2 Å². The van der Waals surface area contributed by atoms with E-state index >= 15 is 0 Å². The molecule has 2 bridgehead atoms. The quantitative estimate of drug-likeness (QED) is 0.875. The standard InChI is InChI=1S/C17H24N2/c1-2-16(18-10-1)14-3-5-15(6-4-14)17-7-11-19(12-8-17)13-9-17/h3-6,16,18H,1-2,7-13H2. The molecule has 0 saturated carbocycles. The largest absolute Gasteiger partial charge is 0.310 e. The molecule has 4 aliphatic heterocycles. The van der Waals surface area contributed by atoms with Crippen molar-refractivity contribution in [2.24, 2.45) is 0 Å². The molecular formula is C17H24N2. The van der Waals surface area contributed by atoms with Crippen molar-refractivity contribution in [3.05, 3.63) is 35.4 Å². The normalized spacial score (nSPS) is 37.7. The van der Waals surface area contributed by atoms with Crippen LogP contribution in [0.25, 0.3) is 0 Å². The van der Waals surface area contributed by atoms with Crippen LogP contribution in [0, 0.1) is 0 Å². The first-order valence-electron chi connectivity index (χ1n) is 7.92. The molecule has 2 nitrogen and oxygen atoms in total. The maximum absolute atomic E-state index is 3.60. The lowest BCUT2D eigenvalue weighted by molar-refractivity contribution is 0.0817. The van der Waals surface area contributed by atoms with Crippen LogP contribution in [0.4, 0.5) is 0 Å². The molecule has 19 heavy (non-hydrogen) atoms. The van der Waals surface area contributed by atoms with Gasteiger partial charge in [-0.25, -0.2) is 0 Å². The van der Waals surface area contributed by atoms with Crippen LogP contribution in [0.5, 0.6) is 0 Å². The molecule has 1 unspecified atom stereocenters. The van der Waals surface area contributed by atoms with Gasteiger partial charge in [0.25, 0.3) is 0 Å². The first-order chi connectivity index (χ1) is 9.36. The average Bonchev–Trinajstić information content (AvgIpc) is 3.04. The molecule has 0 radical (unpaired) electrons. The van der Waals surface area contributed by atoms with Gasteiger partial charge in [-0.15, -0.1) is 0 Å². The van der Waals surface area contributed by atoms with E-state index in [2.05, 4.69) is 34.5 Å². The third-order valence-corrected chi connectivity index (χ3v) is 5.71. The Labute approximate surface area is 116 Å². The van der Waals surface area contributed by atoms with Crippen LogP contribution >= 0.6 is 0 Å². The Hall–Kier alpha value is -0.860. The summed E-state index contributed by atoms with van der Waals surface area (Å²) in [5.74, 6) is 0. The summed E-state index contributed by atoms with van der Waals surface area (Å²) in [6.07, 6.45) is 6.74. The van der Waals surface area contributed by atoms with E-state index in [4.69, 9.17) is 0 Å². The average molecular weight is 256 g/mol. The van der Waals surface area contributed by atoms with Gasteiger partial charge in [-0.3, -0.25) is 0 Å². The third kappa shape index (κ3) is 2.02. The zero-order chi connectivity index (χ0) is 12.7. The van der Waals surface area contributed by atoms with E-state index < -0.39 is 0 Å². The second-order valence-electron chi connectivity index (χ2n) is 6.64. The molecule has 2 heteroatoms. The number of hydrogen-bond donors (Lipinski definition) is 1. The van der Waals surface area contributed by atoms with Gasteiger partial charge in [0.1, 0.15) is 0 Å². The molecule has 102 valence electrons. The molecule has 0 aromatic heterocycles. The number of nitrogens with zero attached hydrogens (tertiary/aromatic N) is 1. The Kier molecular flexibility index (Phi) is 2.89. The number of benzene rings is 1. The van der Waals surface area contributed by atoms with E-state index in [-0.39, 0.29) is 0 Å². The minimum atomic E-state index is 0.510. The fourth-order valence-corrected chi connectivity index (χ4v) is 4.30. The van der Waals surface area contributed by atoms with Crippen LogP contribution in [0.3, 0.4) is 0 Å². The molecule has 1 aromatic carbocycles. The highest BCUT2D eigenvalue weighted by molar-refractivity contribution is 5.32. The maximum Gasteiger partial charge on any atom is 0.0320 e. The molecule has 4 aliphatic rings. The lowest BCUT2D eigenvalue weighted by atomic mass is 9.67. The fourth-order valence-electron chi connectivity index (χ4n) is 4.30. The Morgan fingerprint density at radius 2 is 1.68 bits per heavy atom. The highest BCUT2D eigenvalue weighted by Crippen LogP contribution is 2.43. The second kappa shape index (κ2) is 4.60. The summed E-state index contributed by atoms with van der Waals surface area (Å²) in [5.41, 5.74) is 3.61. The Bertz CT molecular complexity index is 423. The minimum Gasteiger partial charge on any atom is -0.310 e. The molecule has 1 atom stereocenters. The predicted octanol–water partition coefficient (Wildman–Crippen LogP) is 2.85. The summed E-state index contributed by atoms with van der Waals surface area (Å²) < 4.78 is 0. The van der Waals surface area contributed by atoms with E-state index in [0.29, 0.717) is 11.5 Å². The van der Waals surface area contributed by atoms with Gasteiger partial charge < -0.3 is 10.2 Å². The van der Waals surface area contributed by atoms with Crippen molar-refractivity contribution in [1.82, 2.24) is 10.2 Å². The highest BCUT2D eigenvalue weighted by atomic mass is 15.1. The van der Waals surface area contributed by atoms with E-state index in [0.717, 1.165) is 0 Å². The number of nitrogens with one attached hydrogen (secondary N) is 1. The second-order valence-corrected chi connectivity index (χ2v) is 6.64. The number of piperidine rings is 3. The smallest absolute Gasteiger partial charge is 0.0320 e. The molecule has 5 rings (SSSR count). The van der Waals surface area contributed by atoms with Crippen LogP contribution in [0.1, 0.15) is 49.3 Å². The maximum atomic E-state index is 3.60. The summed E-state index contributed by atoms with van der Waals surface area (Å²) in [6.45, 7) is 5.12. The van der Waals surface area contributed by atoms with Gasteiger partial charge in [0.15, 0.2) is 0 Å². The van der Waals surface area contributed by atoms with Crippen LogP contribution in [0.2, 0.25) is 0 Å². The Morgan fingerprint density at radius 3 is 2.26 bits per heavy atom. The van der Waals surface area contributed by atoms with E-state index in [1.807, 2.05) is 0 Å². The Balaban J connectivity index is 1.58. The van der Waals surface area contributed by atoms with E-state index in [1.54, 1.807) is 5.56 Å². The van der Waals surface area contributed by atoms with E-state index in [9.17, 15) is 0 Å². The van der Waals surface area contributed by atoms with Crippen LogP contribution < -0.4 is 5.32 Å². The summed E-state index contributed by atoms with van der Waals surface area (Å²) in [5, 5.41) is 3.60. The Morgan fingerprint density at radius 1 is 1.00 bits per heavy atom. The minimum absolute atomic E-state index is 0.510. The molecule has 0 amide bonds. The molecule has 0 aliphatic carbocycles. The fraction of sp³-hybridized carbons (Fsp3) is 0.647. The lowest BCUT2D eigenvalue weighted by Crippen LogP contribution is -2.50. The molecule has 4 fully saturated rings. The third-order valence-electron chi connectivity index (χ3n) is 5.71. The molecule has 1 aromatic rings. The summed E-state index contributed by atoms with van der Waals surface area (Å²) in [4.78, 5) is 2.62. The van der Waals surface area contributed by atoms with Gasteiger partial charge in [0.05, 0.1) is 0 Å². The van der Waals surface area contributed by atoms with Crippen LogP contribution in [-0.4, -0.2) is 31.1 Å². The van der Waals surface area contributed by atoms with Crippen LogP contribution in [0.15, 0.2) is 24.3 Å². The van der Waals surface area contributed by atoms with Crippen molar-refractivity contribution < 1.29 is 0 Å². The first-order valence-corrected chi connectivity index (χ1v) is 7.92. The topological polar surface area (TPSA) is 15.3 Å². The summed E-state index contributed by atoms with van der Waals surface area (Å²) in [7, 11) is 0. The number of fused-ring (bicyclic) bond motifs is 3. The lowest BCUT2D eigenvalue weighted by Gasteiger charge is -2.49. The zero-order valence-corrected chi connectivity index (χ0v) is 11.7. The molecular weight excluding hydrogens is 232 g/mol. The van der Waals surface area contributed by atoms with Gasteiger partial charge in [-0.1, -0.05) is 24.3 Å². The monoisotopic (exact) mass is 256 g/mol. The number of hydrogen-bond acceptors (Lipinski definition) is 2. The van der Waals surface area contributed by atoms with Gasteiger partial charge >= 0.3 is 0 Å². The molecule has 4 heterocycles. The van der Waals surface area contributed by atoms with Crippen molar-refractivity contribution in [2.45, 2.75) is 43.6 Å². The predicted molar refractivity (Wildman–Crippen MR) is 78.4 cm³/mol. The van der Waals surface area contributed by atoms with Gasteiger partial charge in [0.2, 0.25) is 0 Å². The van der Waals surface area contributed by atoms with Gasteiger partial charge in [-0.05, 0) is 74.8 Å². The first kappa shape index (κ1) is 11.9.